The number of phenolic OH excluding ortho intramolecular Hbond substituents is 1. The van der Waals surface area contributed by atoms with Gasteiger partial charge < -0.3 is 9.84 Å². The van der Waals surface area contributed by atoms with E-state index in [2.05, 4.69) is 30.9 Å². The van der Waals surface area contributed by atoms with Crippen LogP contribution in [0.4, 0.5) is 0 Å². The first-order valence-corrected chi connectivity index (χ1v) is 7.21. The Balaban J connectivity index is 1.92. The van der Waals surface area contributed by atoms with Crippen LogP contribution in [-0.4, -0.2) is 35.3 Å². The first-order chi connectivity index (χ1) is 9.63. The van der Waals surface area contributed by atoms with E-state index < -0.39 is 0 Å². The average Bonchev–Trinajstić information content (AvgIpc) is 2.41. The summed E-state index contributed by atoms with van der Waals surface area (Å²) in [5.74, 6) is 0.385. The highest BCUT2D eigenvalue weighted by molar-refractivity contribution is 5.87. The van der Waals surface area contributed by atoms with E-state index in [0.29, 0.717) is 5.75 Å². The molecule has 106 valence electrons. The van der Waals surface area contributed by atoms with Crippen molar-refractivity contribution < 1.29 is 9.84 Å². The van der Waals surface area contributed by atoms with Gasteiger partial charge in [0, 0.05) is 25.2 Å². The van der Waals surface area contributed by atoms with Gasteiger partial charge in [0.05, 0.1) is 12.2 Å². The highest BCUT2D eigenvalue weighted by Gasteiger charge is 2.23. The highest BCUT2D eigenvalue weighted by Crippen LogP contribution is 2.29. The van der Waals surface area contributed by atoms with E-state index in [1.54, 1.807) is 6.07 Å². The molecule has 0 aliphatic carbocycles. The molecule has 1 aliphatic heterocycles. The molecule has 3 nitrogen and oxygen atoms in total. The van der Waals surface area contributed by atoms with Crippen LogP contribution in [0.5, 0.6) is 5.75 Å². The van der Waals surface area contributed by atoms with E-state index in [9.17, 15) is 5.11 Å². The number of phenols is 1. The van der Waals surface area contributed by atoms with Gasteiger partial charge in [-0.15, -0.1) is 0 Å². The van der Waals surface area contributed by atoms with Gasteiger partial charge in [0.15, 0.2) is 0 Å². The Labute approximate surface area is 119 Å². The number of hydrogen-bond acceptors (Lipinski definition) is 3. The predicted octanol–water partition coefficient (Wildman–Crippen LogP) is 3.15. The number of nitrogens with zero attached hydrogens (tertiary/aromatic N) is 1. The van der Waals surface area contributed by atoms with Gasteiger partial charge >= 0.3 is 0 Å². The molecule has 2 atom stereocenters. The topological polar surface area (TPSA) is 32.7 Å². The molecule has 0 aromatic heterocycles. The van der Waals surface area contributed by atoms with E-state index in [1.165, 1.54) is 5.39 Å². The van der Waals surface area contributed by atoms with Gasteiger partial charge in [-0.1, -0.05) is 30.3 Å². The Morgan fingerprint density at radius 3 is 2.55 bits per heavy atom. The first kappa shape index (κ1) is 13.4. The minimum Gasteiger partial charge on any atom is -0.508 e. The predicted molar refractivity (Wildman–Crippen MR) is 80.9 cm³/mol. The van der Waals surface area contributed by atoms with Crippen LogP contribution in [0.2, 0.25) is 0 Å². The lowest BCUT2D eigenvalue weighted by Crippen LogP contribution is -2.44. The van der Waals surface area contributed by atoms with Crippen LogP contribution in [0.1, 0.15) is 19.4 Å². The summed E-state index contributed by atoms with van der Waals surface area (Å²) in [7, 11) is 0. The largest absolute Gasteiger partial charge is 0.508 e. The van der Waals surface area contributed by atoms with Crippen molar-refractivity contribution in [3.8, 4) is 5.75 Å². The molecule has 1 fully saturated rings. The molecule has 0 spiro atoms. The second kappa shape index (κ2) is 5.43. The third-order valence-corrected chi connectivity index (χ3v) is 3.89. The van der Waals surface area contributed by atoms with Crippen molar-refractivity contribution in [2.75, 3.05) is 13.1 Å². The molecule has 0 unspecified atom stereocenters. The molecule has 0 amide bonds. The minimum atomic E-state index is 0.246. The lowest BCUT2D eigenvalue weighted by molar-refractivity contribution is -0.0705. The summed E-state index contributed by atoms with van der Waals surface area (Å²) in [4.78, 5) is 2.36. The molecule has 1 N–H and O–H groups in total. The van der Waals surface area contributed by atoms with Crippen molar-refractivity contribution in [1.29, 1.82) is 0 Å². The van der Waals surface area contributed by atoms with Gasteiger partial charge in [0.1, 0.15) is 5.75 Å². The van der Waals surface area contributed by atoms with E-state index in [-0.39, 0.29) is 12.2 Å². The van der Waals surface area contributed by atoms with E-state index in [1.807, 2.05) is 18.2 Å². The second-order valence-corrected chi connectivity index (χ2v) is 5.74. The third-order valence-electron chi connectivity index (χ3n) is 3.89. The fourth-order valence-corrected chi connectivity index (χ4v) is 3.13. The Morgan fingerprint density at radius 1 is 1.10 bits per heavy atom. The maximum absolute atomic E-state index is 10.2. The van der Waals surface area contributed by atoms with Crippen LogP contribution in [0.25, 0.3) is 10.8 Å². The van der Waals surface area contributed by atoms with Gasteiger partial charge in [0.2, 0.25) is 0 Å². The van der Waals surface area contributed by atoms with Crippen molar-refractivity contribution in [3.63, 3.8) is 0 Å². The Bertz CT molecular complexity index is 601. The second-order valence-electron chi connectivity index (χ2n) is 5.74. The van der Waals surface area contributed by atoms with Crippen molar-refractivity contribution in [2.24, 2.45) is 0 Å². The van der Waals surface area contributed by atoms with Crippen molar-refractivity contribution in [2.45, 2.75) is 32.6 Å². The zero-order chi connectivity index (χ0) is 14.1. The summed E-state index contributed by atoms with van der Waals surface area (Å²) in [6.07, 6.45) is 0.492. The van der Waals surface area contributed by atoms with E-state index in [4.69, 9.17) is 4.74 Å². The average molecular weight is 271 g/mol. The molecule has 20 heavy (non-hydrogen) atoms. The molecule has 2 aromatic carbocycles. The van der Waals surface area contributed by atoms with Gasteiger partial charge in [-0.05, 0) is 30.7 Å². The van der Waals surface area contributed by atoms with Gasteiger partial charge in [0.25, 0.3) is 0 Å². The lowest BCUT2D eigenvalue weighted by atomic mass is 10.0. The zero-order valence-electron chi connectivity index (χ0n) is 12.0. The van der Waals surface area contributed by atoms with Crippen LogP contribution < -0.4 is 0 Å². The third kappa shape index (κ3) is 2.65. The molecule has 1 saturated heterocycles. The molecule has 3 rings (SSSR count). The number of benzene rings is 2. The minimum absolute atomic E-state index is 0.246. The molecule has 1 aliphatic rings. The maximum Gasteiger partial charge on any atom is 0.120 e. The first-order valence-electron chi connectivity index (χ1n) is 7.21. The molecule has 1 heterocycles. The molecular weight excluding hydrogens is 250 g/mol. The number of morpholine rings is 1. The molecular formula is C17H21NO2. The molecule has 0 bridgehead atoms. The Hall–Kier alpha value is -1.58. The molecule has 0 radical (unpaired) electrons. The molecule has 0 saturated carbocycles. The normalized spacial score (nSPS) is 24.1. The number of fused-ring (bicyclic) bond motifs is 1. The number of aromatic hydroxyl groups is 1. The lowest BCUT2D eigenvalue weighted by Gasteiger charge is -2.35. The summed E-state index contributed by atoms with van der Waals surface area (Å²) in [6.45, 7) is 6.79. The SMILES string of the molecule is C[C@@H]1CN(Cc2c(O)ccc3ccccc23)C[C@@H](C)O1. The van der Waals surface area contributed by atoms with E-state index >= 15 is 0 Å². The summed E-state index contributed by atoms with van der Waals surface area (Å²) in [6, 6.07) is 12.0. The quantitative estimate of drug-likeness (QED) is 0.910. The summed E-state index contributed by atoms with van der Waals surface area (Å²) in [5, 5.41) is 12.5. The van der Waals surface area contributed by atoms with Crippen LogP contribution in [0.15, 0.2) is 36.4 Å². The fraction of sp³-hybridized carbons (Fsp3) is 0.412. The smallest absolute Gasteiger partial charge is 0.120 e. The van der Waals surface area contributed by atoms with Gasteiger partial charge in [-0.25, -0.2) is 0 Å². The van der Waals surface area contributed by atoms with Crippen molar-refractivity contribution in [1.82, 2.24) is 4.90 Å². The Kier molecular flexibility index (Phi) is 3.64. The highest BCUT2D eigenvalue weighted by atomic mass is 16.5. The van der Waals surface area contributed by atoms with Crippen molar-refractivity contribution >= 4 is 10.8 Å². The number of ether oxygens (including phenoxy) is 1. The summed E-state index contributed by atoms with van der Waals surface area (Å²) >= 11 is 0. The van der Waals surface area contributed by atoms with Crippen LogP contribution >= 0.6 is 0 Å². The van der Waals surface area contributed by atoms with E-state index in [0.717, 1.165) is 30.6 Å². The summed E-state index contributed by atoms with van der Waals surface area (Å²) in [5.41, 5.74) is 1.02. The number of hydrogen-bond donors (Lipinski definition) is 1. The fourth-order valence-electron chi connectivity index (χ4n) is 3.13. The van der Waals surface area contributed by atoms with Crippen molar-refractivity contribution in [3.05, 3.63) is 42.0 Å². The monoisotopic (exact) mass is 271 g/mol. The summed E-state index contributed by atoms with van der Waals surface area (Å²) < 4.78 is 5.77. The van der Waals surface area contributed by atoms with Gasteiger partial charge in [-0.3, -0.25) is 4.90 Å². The van der Waals surface area contributed by atoms with Crippen LogP contribution in [0, 0.1) is 0 Å². The number of rotatable bonds is 2. The van der Waals surface area contributed by atoms with Crippen LogP contribution in [-0.2, 0) is 11.3 Å². The Morgan fingerprint density at radius 2 is 1.80 bits per heavy atom. The zero-order valence-corrected chi connectivity index (χ0v) is 12.0. The maximum atomic E-state index is 10.2. The molecule has 3 heteroatoms. The molecule has 2 aromatic rings. The van der Waals surface area contributed by atoms with Crippen LogP contribution in [0.3, 0.4) is 0 Å². The van der Waals surface area contributed by atoms with Gasteiger partial charge in [-0.2, -0.15) is 0 Å². The standard InChI is InChI=1S/C17H21NO2/c1-12-9-18(10-13(2)20-12)11-16-15-6-4-3-5-14(15)7-8-17(16)19/h3-8,12-13,19H,9-11H2,1-2H3/t12-,13-/m1/s1.